The molecule has 5 nitrogen and oxygen atoms in total. The van der Waals surface area contributed by atoms with Crippen LogP contribution in [0.1, 0.15) is 16.7 Å². The Balaban J connectivity index is 1.50. The Morgan fingerprint density at radius 3 is 1.93 bits per heavy atom. The van der Waals surface area contributed by atoms with Gasteiger partial charge in [0.2, 0.25) is 10.0 Å². The van der Waals surface area contributed by atoms with Gasteiger partial charge in [-0.2, -0.15) is 0 Å². The fourth-order valence-corrected chi connectivity index (χ4v) is 3.65. The van der Waals surface area contributed by atoms with E-state index < -0.39 is 10.0 Å². The zero-order valence-corrected chi connectivity index (χ0v) is 16.5. The predicted octanol–water partition coefficient (Wildman–Crippen LogP) is 3.89. The Kier molecular flexibility index (Phi) is 6.81. The molecule has 3 aromatic rings. The number of sulfonamides is 1. The lowest BCUT2D eigenvalue weighted by molar-refractivity contribution is 0.107. The minimum atomic E-state index is -3.57. The molecule has 3 aromatic carbocycles. The maximum absolute atomic E-state index is 12.4. The normalized spacial score (nSPS) is 11.3. The lowest BCUT2D eigenvalue weighted by Crippen LogP contribution is -2.23. The van der Waals surface area contributed by atoms with E-state index in [9.17, 15) is 8.42 Å². The van der Waals surface area contributed by atoms with E-state index in [1.54, 1.807) is 12.1 Å². The Morgan fingerprint density at radius 1 is 0.750 bits per heavy atom. The van der Waals surface area contributed by atoms with Gasteiger partial charge in [0.25, 0.3) is 0 Å². The van der Waals surface area contributed by atoms with Crippen LogP contribution in [0.3, 0.4) is 0 Å². The topological polar surface area (TPSA) is 64.6 Å². The molecule has 0 spiro atoms. The van der Waals surface area contributed by atoms with Crippen molar-refractivity contribution in [3.05, 3.63) is 95.6 Å². The summed E-state index contributed by atoms with van der Waals surface area (Å²) in [6.07, 6.45) is 0. The van der Waals surface area contributed by atoms with Crippen molar-refractivity contribution in [2.75, 3.05) is 7.11 Å². The van der Waals surface area contributed by atoms with Crippen LogP contribution in [-0.4, -0.2) is 15.5 Å². The number of hydrogen-bond acceptors (Lipinski definition) is 4. The smallest absolute Gasteiger partial charge is 0.240 e. The molecule has 0 aromatic heterocycles. The fraction of sp³-hybridized carbons (Fsp3) is 0.182. The van der Waals surface area contributed by atoms with E-state index in [4.69, 9.17) is 9.47 Å². The second kappa shape index (κ2) is 9.50. The average molecular weight is 397 g/mol. The fourth-order valence-electron chi connectivity index (χ4n) is 2.63. The van der Waals surface area contributed by atoms with E-state index in [2.05, 4.69) is 4.72 Å². The number of nitrogens with one attached hydrogen (secondary N) is 1. The van der Waals surface area contributed by atoms with Crippen molar-refractivity contribution in [1.29, 1.82) is 0 Å². The van der Waals surface area contributed by atoms with Gasteiger partial charge in [-0.05, 0) is 41.0 Å². The van der Waals surface area contributed by atoms with E-state index in [-0.39, 0.29) is 11.4 Å². The molecule has 0 atom stereocenters. The molecule has 0 heterocycles. The Labute approximate surface area is 166 Å². The number of ether oxygens (including phenoxy) is 2. The zero-order chi connectivity index (χ0) is 19.8. The summed E-state index contributed by atoms with van der Waals surface area (Å²) in [5, 5.41) is 0. The molecule has 146 valence electrons. The van der Waals surface area contributed by atoms with Crippen LogP contribution in [0, 0.1) is 0 Å². The summed E-state index contributed by atoms with van der Waals surface area (Å²) in [6, 6.07) is 24.0. The summed E-state index contributed by atoms with van der Waals surface area (Å²) in [5.74, 6) is 0.615. The first-order valence-electron chi connectivity index (χ1n) is 8.90. The van der Waals surface area contributed by atoms with Crippen LogP contribution in [-0.2, 0) is 34.5 Å². The van der Waals surface area contributed by atoms with Gasteiger partial charge in [-0.25, -0.2) is 13.1 Å². The van der Waals surface area contributed by atoms with Crippen molar-refractivity contribution in [3.8, 4) is 5.75 Å². The maximum Gasteiger partial charge on any atom is 0.240 e. The van der Waals surface area contributed by atoms with Gasteiger partial charge in [0.1, 0.15) is 5.75 Å². The monoisotopic (exact) mass is 397 g/mol. The van der Waals surface area contributed by atoms with Crippen LogP contribution in [0.15, 0.2) is 83.8 Å². The van der Waals surface area contributed by atoms with E-state index in [1.165, 1.54) is 19.2 Å². The van der Waals surface area contributed by atoms with Crippen LogP contribution >= 0.6 is 0 Å². The first-order valence-corrected chi connectivity index (χ1v) is 10.4. The molecular weight excluding hydrogens is 374 g/mol. The Morgan fingerprint density at radius 2 is 1.32 bits per heavy atom. The first kappa shape index (κ1) is 20.1. The molecule has 0 amide bonds. The molecule has 1 N–H and O–H groups in total. The van der Waals surface area contributed by atoms with Crippen molar-refractivity contribution in [2.45, 2.75) is 24.7 Å². The van der Waals surface area contributed by atoms with Gasteiger partial charge in [0.15, 0.2) is 0 Å². The third kappa shape index (κ3) is 5.66. The highest BCUT2D eigenvalue weighted by molar-refractivity contribution is 7.89. The summed E-state index contributed by atoms with van der Waals surface area (Å²) in [4.78, 5) is 0.208. The molecule has 28 heavy (non-hydrogen) atoms. The third-order valence-corrected chi connectivity index (χ3v) is 5.66. The largest absolute Gasteiger partial charge is 0.497 e. The van der Waals surface area contributed by atoms with Crippen molar-refractivity contribution >= 4 is 10.0 Å². The molecule has 0 aliphatic heterocycles. The molecule has 0 saturated heterocycles. The van der Waals surface area contributed by atoms with Crippen LogP contribution < -0.4 is 9.46 Å². The molecule has 6 heteroatoms. The first-order chi connectivity index (χ1) is 13.6. The highest BCUT2D eigenvalue weighted by atomic mass is 32.2. The lowest BCUT2D eigenvalue weighted by Gasteiger charge is -2.09. The summed E-state index contributed by atoms with van der Waals surface area (Å²) in [5.41, 5.74) is 3.05. The van der Waals surface area contributed by atoms with Crippen LogP contribution in [0.2, 0.25) is 0 Å². The van der Waals surface area contributed by atoms with E-state index >= 15 is 0 Å². The third-order valence-electron chi connectivity index (χ3n) is 4.24. The van der Waals surface area contributed by atoms with E-state index in [0.29, 0.717) is 19.0 Å². The second-order valence-corrected chi connectivity index (χ2v) is 8.06. The lowest BCUT2D eigenvalue weighted by atomic mass is 10.1. The number of methoxy groups -OCH3 is 1. The minimum Gasteiger partial charge on any atom is -0.497 e. The van der Waals surface area contributed by atoms with Gasteiger partial charge in [0, 0.05) is 6.54 Å². The number of rotatable bonds is 9. The van der Waals surface area contributed by atoms with Crippen LogP contribution in [0.25, 0.3) is 0 Å². The van der Waals surface area contributed by atoms with Gasteiger partial charge >= 0.3 is 0 Å². The molecule has 3 rings (SSSR count). The molecule has 0 saturated carbocycles. The van der Waals surface area contributed by atoms with Gasteiger partial charge in [-0.1, -0.05) is 54.6 Å². The van der Waals surface area contributed by atoms with E-state index in [0.717, 1.165) is 16.7 Å². The van der Waals surface area contributed by atoms with Crippen molar-refractivity contribution in [1.82, 2.24) is 4.72 Å². The van der Waals surface area contributed by atoms with Crippen LogP contribution in [0.5, 0.6) is 5.75 Å². The van der Waals surface area contributed by atoms with Crippen molar-refractivity contribution in [3.63, 3.8) is 0 Å². The number of benzene rings is 3. The number of hydrogen-bond donors (Lipinski definition) is 1. The van der Waals surface area contributed by atoms with Crippen molar-refractivity contribution < 1.29 is 17.9 Å². The van der Waals surface area contributed by atoms with Gasteiger partial charge in [-0.15, -0.1) is 0 Å². The average Bonchev–Trinajstić information content (AvgIpc) is 2.74. The molecule has 0 aliphatic rings. The van der Waals surface area contributed by atoms with Gasteiger partial charge < -0.3 is 9.47 Å². The van der Waals surface area contributed by atoms with Gasteiger partial charge in [0.05, 0.1) is 25.2 Å². The van der Waals surface area contributed by atoms with E-state index in [1.807, 2.05) is 54.6 Å². The molecule has 0 bridgehead atoms. The predicted molar refractivity (Wildman–Crippen MR) is 108 cm³/mol. The molecular formula is C22H23NO4S. The quantitative estimate of drug-likeness (QED) is 0.595. The van der Waals surface area contributed by atoms with Crippen LogP contribution in [0.4, 0.5) is 0 Å². The van der Waals surface area contributed by atoms with Crippen molar-refractivity contribution in [2.24, 2.45) is 0 Å². The Bertz CT molecular complexity index is 969. The SMILES string of the molecule is COc1ccc(S(=O)(=O)NCc2ccc(COCc3ccccc3)cc2)cc1. The molecule has 0 aliphatic carbocycles. The minimum absolute atomic E-state index is 0.208. The summed E-state index contributed by atoms with van der Waals surface area (Å²) in [6.45, 7) is 1.29. The molecule has 0 fully saturated rings. The summed E-state index contributed by atoms with van der Waals surface area (Å²) < 4.78 is 38.1. The van der Waals surface area contributed by atoms with Gasteiger partial charge in [-0.3, -0.25) is 0 Å². The maximum atomic E-state index is 12.4. The molecule has 0 radical (unpaired) electrons. The summed E-state index contributed by atoms with van der Waals surface area (Å²) in [7, 11) is -2.03. The second-order valence-electron chi connectivity index (χ2n) is 6.29. The molecule has 0 unspecified atom stereocenters. The zero-order valence-electron chi connectivity index (χ0n) is 15.7. The highest BCUT2D eigenvalue weighted by Crippen LogP contribution is 2.16. The Hall–Kier alpha value is -2.67. The summed E-state index contributed by atoms with van der Waals surface area (Å²) >= 11 is 0. The standard InChI is InChI=1S/C22H23NO4S/c1-26-21-11-13-22(14-12-21)28(24,25)23-15-18-7-9-20(10-8-18)17-27-16-19-5-3-2-4-6-19/h2-14,23H,15-17H2,1H3. The highest BCUT2D eigenvalue weighted by Gasteiger charge is 2.13.